The maximum Gasteiger partial charge on any atom is 0.191 e. The van der Waals surface area contributed by atoms with E-state index >= 15 is 0 Å². The fourth-order valence-electron chi connectivity index (χ4n) is 2.41. The fourth-order valence-corrected chi connectivity index (χ4v) is 3.41. The average Bonchev–Trinajstić information content (AvgIpc) is 2.64. The van der Waals surface area contributed by atoms with Crippen LogP contribution in [-0.4, -0.2) is 35.6 Å². The maximum atomic E-state index is 12.9. The molecule has 0 saturated heterocycles. The number of halogens is 2. The molecular formula is C20H27FIN3OS. The lowest BCUT2D eigenvalue weighted by molar-refractivity contribution is 0.626. The third-order valence-electron chi connectivity index (χ3n) is 3.72. The quantitative estimate of drug-likeness (QED) is 0.313. The van der Waals surface area contributed by atoms with Crippen LogP contribution in [0.25, 0.3) is 0 Å². The lowest BCUT2D eigenvalue weighted by atomic mass is 10.1. The summed E-state index contributed by atoms with van der Waals surface area (Å²) in [5.74, 6) is 1.58. The molecule has 0 aliphatic carbocycles. The van der Waals surface area contributed by atoms with Crippen LogP contribution in [0.5, 0.6) is 0 Å². The summed E-state index contributed by atoms with van der Waals surface area (Å²) in [5.41, 5.74) is 2.15. The van der Waals surface area contributed by atoms with Crippen molar-refractivity contribution in [3.8, 4) is 0 Å². The maximum absolute atomic E-state index is 12.9. The Morgan fingerprint density at radius 1 is 1.04 bits per heavy atom. The first-order chi connectivity index (χ1) is 12.7. The molecule has 0 radical (unpaired) electrons. The number of hydrogen-bond acceptors (Lipinski definition) is 2. The normalized spacial score (nSPS) is 12.1. The highest BCUT2D eigenvalue weighted by atomic mass is 127. The summed E-state index contributed by atoms with van der Waals surface area (Å²) in [5, 5.41) is 6.43. The van der Waals surface area contributed by atoms with Gasteiger partial charge in [-0.1, -0.05) is 42.5 Å². The highest BCUT2D eigenvalue weighted by molar-refractivity contribution is 14.0. The number of guanidine groups is 1. The van der Waals surface area contributed by atoms with Gasteiger partial charge >= 0.3 is 0 Å². The van der Waals surface area contributed by atoms with Gasteiger partial charge in [0.2, 0.25) is 0 Å². The zero-order valence-electron chi connectivity index (χ0n) is 15.5. The van der Waals surface area contributed by atoms with Crippen molar-refractivity contribution in [2.24, 2.45) is 4.99 Å². The average molecular weight is 503 g/mol. The number of aliphatic imine (C=N–C) groups is 1. The van der Waals surface area contributed by atoms with Gasteiger partial charge < -0.3 is 10.6 Å². The molecule has 0 aliphatic heterocycles. The van der Waals surface area contributed by atoms with Gasteiger partial charge in [0.1, 0.15) is 5.82 Å². The molecule has 0 heterocycles. The zero-order chi connectivity index (χ0) is 18.6. The molecule has 0 saturated carbocycles. The largest absolute Gasteiger partial charge is 0.357 e. The summed E-state index contributed by atoms with van der Waals surface area (Å²) >= 11 is 0. The van der Waals surface area contributed by atoms with Crippen molar-refractivity contribution in [3.05, 3.63) is 71.5 Å². The highest BCUT2D eigenvalue weighted by Crippen LogP contribution is 2.03. The van der Waals surface area contributed by atoms with E-state index in [-0.39, 0.29) is 29.8 Å². The van der Waals surface area contributed by atoms with Crippen LogP contribution < -0.4 is 10.6 Å². The molecule has 0 aliphatic rings. The van der Waals surface area contributed by atoms with Crippen LogP contribution in [0.1, 0.15) is 18.1 Å². The molecule has 7 heteroatoms. The van der Waals surface area contributed by atoms with E-state index in [9.17, 15) is 8.60 Å². The number of nitrogens with one attached hydrogen (secondary N) is 2. The molecule has 0 spiro atoms. The molecule has 2 aromatic rings. The molecule has 0 amide bonds. The molecule has 27 heavy (non-hydrogen) atoms. The van der Waals surface area contributed by atoms with Crippen molar-refractivity contribution in [1.82, 2.24) is 10.6 Å². The minimum Gasteiger partial charge on any atom is -0.357 e. The van der Waals surface area contributed by atoms with E-state index in [4.69, 9.17) is 0 Å². The molecule has 0 bridgehead atoms. The number of nitrogens with zero attached hydrogens (tertiary/aromatic N) is 1. The van der Waals surface area contributed by atoms with Gasteiger partial charge in [0.05, 0.1) is 6.54 Å². The Balaban J connectivity index is 0.00000364. The molecule has 4 nitrogen and oxygen atoms in total. The van der Waals surface area contributed by atoms with E-state index < -0.39 is 10.8 Å². The van der Waals surface area contributed by atoms with Crippen molar-refractivity contribution >= 4 is 40.7 Å². The molecule has 2 aromatic carbocycles. The lowest BCUT2D eigenvalue weighted by Crippen LogP contribution is -2.38. The Morgan fingerprint density at radius 3 is 2.41 bits per heavy atom. The first-order valence-electron chi connectivity index (χ1n) is 8.83. The van der Waals surface area contributed by atoms with Crippen molar-refractivity contribution in [2.75, 3.05) is 25.4 Å². The third-order valence-corrected chi connectivity index (χ3v) is 5.02. The second kappa shape index (κ2) is 13.7. The van der Waals surface area contributed by atoms with Gasteiger partial charge in [-0.25, -0.2) is 4.39 Å². The van der Waals surface area contributed by atoms with Crippen molar-refractivity contribution in [1.29, 1.82) is 0 Å². The molecule has 0 fully saturated rings. The zero-order valence-corrected chi connectivity index (χ0v) is 18.6. The molecular weight excluding hydrogens is 476 g/mol. The summed E-state index contributed by atoms with van der Waals surface area (Å²) in [6, 6.07) is 16.4. The van der Waals surface area contributed by atoms with E-state index in [1.54, 1.807) is 12.1 Å². The standard InChI is InChI=1S/C20H26FN3OS.HI/c1-2-22-20(23-13-12-17-8-10-19(21)11-9-17)24-14-15-26(25)16-18-6-4-3-5-7-18;/h3-11H,2,12-16H2,1H3,(H2,22,23,24);1H. The molecule has 1 atom stereocenters. The minimum atomic E-state index is -0.927. The van der Waals surface area contributed by atoms with Gasteiger partial charge in [-0.05, 0) is 36.6 Å². The smallest absolute Gasteiger partial charge is 0.191 e. The third kappa shape index (κ3) is 9.86. The number of rotatable bonds is 9. The highest BCUT2D eigenvalue weighted by Gasteiger charge is 2.02. The SMILES string of the molecule is CCNC(=NCCS(=O)Cc1ccccc1)NCCc1ccc(F)cc1.I. The number of hydrogen-bond donors (Lipinski definition) is 2. The van der Waals surface area contributed by atoms with Crippen LogP contribution in [0.4, 0.5) is 4.39 Å². The van der Waals surface area contributed by atoms with E-state index in [1.807, 2.05) is 37.3 Å². The fraction of sp³-hybridized carbons (Fsp3) is 0.350. The van der Waals surface area contributed by atoms with Crippen LogP contribution in [0.3, 0.4) is 0 Å². The Morgan fingerprint density at radius 2 is 1.74 bits per heavy atom. The van der Waals surface area contributed by atoms with Crippen molar-refractivity contribution in [2.45, 2.75) is 19.1 Å². The first-order valence-corrected chi connectivity index (χ1v) is 10.3. The van der Waals surface area contributed by atoms with Crippen molar-refractivity contribution < 1.29 is 8.60 Å². The van der Waals surface area contributed by atoms with Crippen LogP contribution in [0.2, 0.25) is 0 Å². The van der Waals surface area contributed by atoms with Gasteiger partial charge in [-0.2, -0.15) is 0 Å². The second-order valence-corrected chi connectivity index (χ2v) is 7.41. The molecule has 2 rings (SSSR count). The summed E-state index contributed by atoms with van der Waals surface area (Å²) in [6.45, 7) is 3.97. The van der Waals surface area contributed by atoms with Crippen LogP contribution in [0, 0.1) is 5.82 Å². The Labute approximate surface area is 180 Å². The number of benzene rings is 2. The molecule has 2 N–H and O–H groups in total. The van der Waals surface area contributed by atoms with Gasteiger partial charge in [0.15, 0.2) is 5.96 Å². The van der Waals surface area contributed by atoms with E-state index in [0.717, 1.165) is 24.1 Å². The van der Waals surface area contributed by atoms with E-state index in [0.29, 0.717) is 30.6 Å². The molecule has 148 valence electrons. The Hall–Kier alpha value is -1.48. The summed E-state index contributed by atoms with van der Waals surface area (Å²) in [6.07, 6.45) is 0.782. The Kier molecular flexibility index (Phi) is 11.9. The summed E-state index contributed by atoms with van der Waals surface area (Å²) in [4.78, 5) is 4.48. The summed E-state index contributed by atoms with van der Waals surface area (Å²) in [7, 11) is -0.927. The topological polar surface area (TPSA) is 53.5 Å². The van der Waals surface area contributed by atoms with Gasteiger partial charge in [0, 0.05) is 35.4 Å². The first kappa shape index (κ1) is 23.6. The minimum absolute atomic E-state index is 0. The van der Waals surface area contributed by atoms with Crippen LogP contribution in [-0.2, 0) is 23.0 Å². The van der Waals surface area contributed by atoms with Crippen LogP contribution in [0.15, 0.2) is 59.6 Å². The van der Waals surface area contributed by atoms with Crippen LogP contribution >= 0.6 is 24.0 Å². The monoisotopic (exact) mass is 503 g/mol. The lowest BCUT2D eigenvalue weighted by Gasteiger charge is -2.11. The molecule has 1 unspecified atom stereocenters. The second-order valence-electron chi connectivity index (χ2n) is 5.84. The van der Waals surface area contributed by atoms with Crippen molar-refractivity contribution in [3.63, 3.8) is 0 Å². The molecule has 0 aromatic heterocycles. The van der Waals surface area contributed by atoms with Gasteiger partial charge in [0.25, 0.3) is 0 Å². The predicted octanol–water partition coefficient (Wildman–Crippen LogP) is 3.49. The predicted molar refractivity (Wildman–Crippen MR) is 123 cm³/mol. The summed E-state index contributed by atoms with van der Waals surface area (Å²) < 4.78 is 25.1. The van der Waals surface area contributed by atoms with E-state index in [1.165, 1.54) is 12.1 Å². The van der Waals surface area contributed by atoms with Gasteiger partial charge in [-0.3, -0.25) is 9.20 Å². The Bertz CT molecular complexity index is 711. The van der Waals surface area contributed by atoms with Gasteiger partial charge in [-0.15, -0.1) is 24.0 Å². The van der Waals surface area contributed by atoms with E-state index in [2.05, 4.69) is 15.6 Å².